The number of rotatable bonds is 7. The lowest BCUT2D eigenvalue weighted by molar-refractivity contribution is -0.142. The molecule has 1 aromatic heterocycles. The first kappa shape index (κ1) is 24.0. The summed E-state index contributed by atoms with van der Waals surface area (Å²) in [4.78, 5) is 25.9. The molecule has 2 saturated heterocycles. The summed E-state index contributed by atoms with van der Waals surface area (Å²) >= 11 is 0. The highest BCUT2D eigenvalue weighted by molar-refractivity contribution is 14.0. The Balaban J connectivity index is 0.00000272. The quantitative estimate of drug-likeness (QED) is 0.323. The number of amides is 1. The molecule has 4 rings (SSSR count). The van der Waals surface area contributed by atoms with Crippen LogP contribution in [0.25, 0.3) is 0 Å². The Bertz CT molecular complexity index is 727. The number of carbonyl (C=O) groups excluding carboxylic acids is 1. The van der Waals surface area contributed by atoms with Crippen molar-refractivity contribution >= 4 is 35.8 Å². The maximum Gasteiger partial charge on any atom is 0.251 e. The predicted molar refractivity (Wildman–Crippen MR) is 130 cm³/mol. The van der Waals surface area contributed by atoms with Gasteiger partial charge in [0.2, 0.25) is 5.88 Å². The number of ether oxygens (including phenoxy) is 2. The summed E-state index contributed by atoms with van der Waals surface area (Å²) in [6, 6.07) is 3.95. The molecule has 9 heteroatoms. The van der Waals surface area contributed by atoms with Crippen LogP contribution in [0, 0.1) is 5.92 Å². The Morgan fingerprint density at radius 2 is 2.00 bits per heavy atom. The first-order valence-corrected chi connectivity index (χ1v) is 11.2. The van der Waals surface area contributed by atoms with Gasteiger partial charge in [-0.15, -0.1) is 24.0 Å². The van der Waals surface area contributed by atoms with Crippen molar-refractivity contribution in [1.82, 2.24) is 20.1 Å². The van der Waals surface area contributed by atoms with Crippen LogP contribution in [0.4, 0.5) is 0 Å². The van der Waals surface area contributed by atoms with Gasteiger partial charge in [-0.2, -0.15) is 0 Å². The molecule has 3 fully saturated rings. The lowest BCUT2D eigenvalue weighted by atomic mass is 10.2. The normalized spacial score (nSPS) is 21.6. The molecular weight excluding hydrogens is 509 g/mol. The standard InChI is InChI=1S/C22H33N5O3.HI/c1-2-23-22(25-15-18-7-8-20(24-14-18)30-16-17-5-6-17)27-11-9-26(10-12-27)21(28)19-4-3-13-29-19;/h7-8,14,17,19H,2-6,9-13,15-16H2,1H3,(H,23,25);1H. The molecule has 172 valence electrons. The highest BCUT2D eigenvalue weighted by Gasteiger charge is 2.30. The van der Waals surface area contributed by atoms with Gasteiger partial charge in [0.05, 0.1) is 13.2 Å². The topological polar surface area (TPSA) is 79.3 Å². The van der Waals surface area contributed by atoms with Gasteiger partial charge in [-0.3, -0.25) is 4.79 Å². The van der Waals surface area contributed by atoms with E-state index in [1.165, 1.54) is 12.8 Å². The highest BCUT2D eigenvalue weighted by Crippen LogP contribution is 2.29. The maximum atomic E-state index is 12.5. The maximum absolute atomic E-state index is 12.5. The SMILES string of the molecule is CCNC(=NCc1ccc(OCC2CC2)nc1)N1CCN(C(=O)C2CCCO2)CC1.I. The zero-order valence-electron chi connectivity index (χ0n) is 18.3. The van der Waals surface area contributed by atoms with Crippen molar-refractivity contribution in [1.29, 1.82) is 0 Å². The van der Waals surface area contributed by atoms with Crippen LogP contribution < -0.4 is 10.1 Å². The number of nitrogens with one attached hydrogen (secondary N) is 1. The summed E-state index contributed by atoms with van der Waals surface area (Å²) in [5.74, 6) is 2.44. The second kappa shape index (κ2) is 11.8. The van der Waals surface area contributed by atoms with E-state index in [0.29, 0.717) is 32.1 Å². The number of pyridine rings is 1. The number of aliphatic imine (C=N–C) groups is 1. The fourth-order valence-electron chi connectivity index (χ4n) is 3.78. The first-order valence-electron chi connectivity index (χ1n) is 11.2. The Hall–Kier alpha value is -1.62. The Morgan fingerprint density at radius 3 is 2.61 bits per heavy atom. The molecule has 3 heterocycles. The van der Waals surface area contributed by atoms with E-state index in [4.69, 9.17) is 14.5 Å². The molecule has 1 aliphatic carbocycles. The van der Waals surface area contributed by atoms with E-state index < -0.39 is 0 Å². The van der Waals surface area contributed by atoms with E-state index in [9.17, 15) is 4.79 Å². The number of nitrogens with zero attached hydrogens (tertiary/aromatic N) is 4. The molecule has 1 atom stereocenters. The van der Waals surface area contributed by atoms with Crippen LogP contribution in [0.2, 0.25) is 0 Å². The molecule has 0 bridgehead atoms. The molecule has 1 amide bonds. The van der Waals surface area contributed by atoms with E-state index in [0.717, 1.165) is 56.5 Å². The summed E-state index contributed by atoms with van der Waals surface area (Å²) < 4.78 is 11.3. The summed E-state index contributed by atoms with van der Waals surface area (Å²) in [6.07, 6.45) is 5.99. The van der Waals surface area contributed by atoms with Gasteiger partial charge in [-0.05, 0) is 44.1 Å². The van der Waals surface area contributed by atoms with Crippen LogP contribution in [0.5, 0.6) is 5.88 Å². The van der Waals surface area contributed by atoms with Crippen LogP contribution >= 0.6 is 24.0 Å². The average Bonchev–Trinajstić information content (AvgIpc) is 3.46. The first-order chi connectivity index (χ1) is 14.7. The number of hydrogen-bond acceptors (Lipinski definition) is 5. The van der Waals surface area contributed by atoms with E-state index in [-0.39, 0.29) is 36.0 Å². The summed E-state index contributed by atoms with van der Waals surface area (Å²) in [5, 5.41) is 3.38. The molecule has 0 spiro atoms. The Kier molecular flexibility index (Phi) is 9.18. The van der Waals surface area contributed by atoms with E-state index >= 15 is 0 Å². The Labute approximate surface area is 201 Å². The van der Waals surface area contributed by atoms with E-state index in [2.05, 4.69) is 22.1 Å². The van der Waals surface area contributed by atoms with Crippen molar-refractivity contribution in [3.8, 4) is 5.88 Å². The minimum Gasteiger partial charge on any atom is -0.477 e. The predicted octanol–water partition coefficient (Wildman–Crippen LogP) is 2.28. The molecule has 1 saturated carbocycles. The number of piperazine rings is 1. The molecule has 0 radical (unpaired) electrons. The molecule has 1 unspecified atom stereocenters. The van der Waals surface area contributed by atoms with Crippen molar-refractivity contribution < 1.29 is 14.3 Å². The van der Waals surface area contributed by atoms with Crippen molar-refractivity contribution in [3.05, 3.63) is 23.9 Å². The second-order valence-corrected chi connectivity index (χ2v) is 8.24. The summed E-state index contributed by atoms with van der Waals surface area (Å²) in [6.45, 7) is 7.88. The fraction of sp³-hybridized carbons (Fsp3) is 0.682. The van der Waals surface area contributed by atoms with Gasteiger partial charge in [0, 0.05) is 51.6 Å². The number of guanidine groups is 1. The number of hydrogen-bond donors (Lipinski definition) is 1. The molecular formula is C22H34IN5O3. The van der Waals surface area contributed by atoms with Gasteiger partial charge < -0.3 is 24.6 Å². The smallest absolute Gasteiger partial charge is 0.251 e. The molecule has 3 aliphatic rings. The second-order valence-electron chi connectivity index (χ2n) is 8.24. The van der Waals surface area contributed by atoms with Crippen molar-refractivity contribution in [2.24, 2.45) is 10.9 Å². The van der Waals surface area contributed by atoms with Gasteiger partial charge in [-0.1, -0.05) is 6.07 Å². The van der Waals surface area contributed by atoms with Crippen LogP contribution in [-0.4, -0.2) is 78.7 Å². The zero-order chi connectivity index (χ0) is 20.8. The average molecular weight is 543 g/mol. The summed E-state index contributed by atoms with van der Waals surface area (Å²) in [5.41, 5.74) is 1.05. The van der Waals surface area contributed by atoms with Crippen LogP contribution in [0.3, 0.4) is 0 Å². The van der Waals surface area contributed by atoms with Gasteiger partial charge in [-0.25, -0.2) is 9.98 Å². The van der Waals surface area contributed by atoms with Gasteiger partial charge in [0.25, 0.3) is 5.91 Å². The summed E-state index contributed by atoms with van der Waals surface area (Å²) in [7, 11) is 0. The van der Waals surface area contributed by atoms with Crippen LogP contribution in [0.1, 0.15) is 38.2 Å². The highest BCUT2D eigenvalue weighted by atomic mass is 127. The fourth-order valence-corrected chi connectivity index (χ4v) is 3.78. The number of carbonyl (C=O) groups is 1. The van der Waals surface area contributed by atoms with Crippen molar-refractivity contribution in [3.63, 3.8) is 0 Å². The van der Waals surface area contributed by atoms with Crippen molar-refractivity contribution in [2.75, 3.05) is 45.9 Å². The lowest BCUT2D eigenvalue weighted by Gasteiger charge is -2.37. The monoisotopic (exact) mass is 543 g/mol. The third-order valence-electron chi connectivity index (χ3n) is 5.80. The minimum absolute atomic E-state index is 0. The lowest BCUT2D eigenvalue weighted by Crippen LogP contribution is -2.55. The van der Waals surface area contributed by atoms with E-state index in [1.807, 2.05) is 23.2 Å². The molecule has 2 aliphatic heterocycles. The number of halogens is 1. The van der Waals surface area contributed by atoms with Gasteiger partial charge in [0.15, 0.2) is 5.96 Å². The largest absolute Gasteiger partial charge is 0.477 e. The number of aromatic nitrogens is 1. The Morgan fingerprint density at radius 1 is 1.23 bits per heavy atom. The molecule has 8 nitrogen and oxygen atoms in total. The van der Waals surface area contributed by atoms with Crippen LogP contribution in [-0.2, 0) is 16.1 Å². The third-order valence-corrected chi connectivity index (χ3v) is 5.80. The van der Waals surface area contributed by atoms with Gasteiger partial charge >= 0.3 is 0 Å². The molecule has 0 aromatic carbocycles. The molecule has 1 aromatic rings. The minimum atomic E-state index is -0.234. The zero-order valence-corrected chi connectivity index (χ0v) is 20.6. The molecule has 1 N–H and O–H groups in total. The van der Waals surface area contributed by atoms with Gasteiger partial charge in [0.1, 0.15) is 6.10 Å². The molecule has 31 heavy (non-hydrogen) atoms. The van der Waals surface area contributed by atoms with Crippen LogP contribution in [0.15, 0.2) is 23.3 Å². The van der Waals surface area contributed by atoms with E-state index in [1.54, 1.807) is 0 Å². The van der Waals surface area contributed by atoms with Crippen molar-refractivity contribution in [2.45, 2.75) is 45.3 Å². The third kappa shape index (κ3) is 6.93.